The summed E-state index contributed by atoms with van der Waals surface area (Å²) in [6.07, 6.45) is 3.89. The van der Waals surface area contributed by atoms with Gasteiger partial charge in [0.1, 0.15) is 17.3 Å². The Morgan fingerprint density at radius 2 is 1.59 bits per heavy atom. The summed E-state index contributed by atoms with van der Waals surface area (Å²) in [5.41, 5.74) is 1.83. The number of aryl methyl sites for hydroxylation is 2. The Balaban J connectivity index is 0.000000350. The average molecular weight is 564 g/mol. The minimum Gasteiger partial charge on any atom is -0.508 e. The fourth-order valence-electron chi connectivity index (χ4n) is 3.60. The van der Waals surface area contributed by atoms with Crippen molar-refractivity contribution in [3.63, 3.8) is 0 Å². The molecule has 0 saturated carbocycles. The van der Waals surface area contributed by atoms with Crippen molar-refractivity contribution in [1.82, 2.24) is 5.06 Å². The van der Waals surface area contributed by atoms with Crippen LogP contribution in [0.25, 0.3) is 0 Å². The van der Waals surface area contributed by atoms with Gasteiger partial charge in [0.25, 0.3) is 0 Å². The zero-order valence-electron chi connectivity index (χ0n) is 23.2. The third kappa shape index (κ3) is 10.9. The highest BCUT2D eigenvalue weighted by molar-refractivity contribution is 5.82. The maximum Gasteiger partial charge on any atom is 0.401 e. The molecule has 0 amide bonds. The van der Waals surface area contributed by atoms with Crippen molar-refractivity contribution in [2.75, 3.05) is 13.7 Å². The van der Waals surface area contributed by atoms with E-state index in [9.17, 15) is 9.90 Å². The molecule has 1 aliphatic heterocycles. The quantitative estimate of drug-likeness (QED) is 0.131. The zero-order valence-corrected chi connectivity index (χ0v) is 23.2. The Labute approximate surface area is 243 Å². The monoisotopic (exact) mass is 563 g/mol. The van der Waals surface area contributed by atoms with E-state index in [1.807, 2.05) is 25.1 Å². The third-order valence-corrected chi connectivity index (χ3v) is 5.64. The van der Waals surface area contributed by atoms with Crippen LogP contribution in [-0.4, -0.2) is 53.6 Å². The SMILES string of the molecule is C.C=C(/N=C\C)N(OC)C1(Cc2ccc(O)cc2)OOC1=O.C=NCCCc1ccccc1.Cc1ccc(O)cc1. The van der Waals surface area contributed by atoms with Gasteiger partial charge in [0, 0.05) is 19.2 Å². The van der Waals surface area contributed by atoms with Crippen LogP contribution in [0.2, 0.25) is 0 Å². The van der Waals surface area contributed by atoms with Crippen LogP contribution in [0.15, 0.2) is 101 Å². The van der Waals surface area contributed by atoms with Gasteiger partial charge in [-0.25, -0.2) is 9.79 Å². The van der Waals surface area contributed by atoms with Crippen LogP contribution in [-0.2, 0) is 32.2 Å². The summed E-state index contributed by atoms with van der Waals surface area (Å²) in [6, 6.07) is 23.9. The standard InChI is InChI=1S/C14H16N2O5.C10H13N.C7H8O.CH4/c1-4-15-10(2)16(19-3)14(13(18)20-21-14)9-11-5-7-12(17)8-6-11;1-11-9-5-8-10-6-3-2-4-7-10;1-6-2-4-7(8)5-3-6;/h4-8,17H,2,9H2,1,3H3;2-4,6-7H,1,5,8-9H2;2-5,8H,1H3;1H4/b15-4-;;;. The Kier molecular flexibility index (Phi) is 15.2. The fourth-order valence-corrected chi connectivity index (χ4v) is 3.60. The molecule has 0 aromatic heterocycles. The number of aromatic hydroxyl groups is 2. The molecule has 0 bridgehead atoms. The molecule has 9 nitrogen and oxygen atoms in total. The van der Waals surface area contributed by atoms with Crippen molar-refractivity contribution in [3.8, 4) is 11.5 Å². The van der Waals surface area contributed by atoms with Crippen LogP contribution in [0.3, 0.4) is 0 Å². The number of hydrogen-bond donors (Lipinski definition) is 2. The van der Waals surface area contributed by atoms with Gasteiger partial charge in [-0.3, -0.25) is 9.73 Å². The summed E-state index contributed by atoms with van der Waals surface area (Å²) in [6.45, 7) is 11.7. The van der Waals surface area contributed by atoms with Gasteiger partial charge in [-0.2, -0.15) is 5.06 Å². The van der Waals surface area contributed by atoms with Crippen molar-refractivity contribution in [2.24, 2.45) is 9.98 Å². The summed E-state index contributed by atoms with van der Waals surface area (Å²) in [5, 5.41) is 19.2. The van der Waals surface area contributed by atoms with Crippen molar-refractivity contribution in [1.29, 1.82) is 0 Å². The number of nitrogens with zero attached hydrogens (tertiary/aromatic N) is 3. The van der Waals surface area contributed by atoms with E-state index in [-0.39, 0.29) is 25.4 Å². The minimum absolute atomic E-state index is 0. The van der Waals surface area contributed by atoms with Crippen molar-refractivity contribution in [3.05, 3.63) is 108 Å². The molecular weight excluding hydrogens is 522 g/mol. The second kappa shape index (κ2) is 18.0. The van der Waals surface area contributed by atoms with Crippen LogP contribution in [0, 0.1) is 6.92 Å². The second-order valence-electron chi connectivity index (χ2n) is 8.73. The van der Waals surface area contributed by atoms with Crippen LogP contribution in [0.4, 0.5) is 0 Å². The van der Waals surface area contributed by atoms with Crippen LogP contribution < -0.4 is 0 Å². The van der Waals surface area contributed by atoms with E-state index in [0.717, 1.165) is 30.0 Å². The number of benzene rings is 3. The van der Waals surface area contributed by atoms with Gasteiger partial charge in [0.05, 0.1) is 7.11 Å². The number of carbonyl (C=O) groups excluding carboxylic acids is 1. The van der Waals surface area contributed by atoms with Crippen molar-refractivity contribution < 1.29 is 29.6 Å². The van der Waals surface area contributed by atoms with Gasteiger partial charge in [-0.15, -0.1) is 4.89 Å². The molecule has 1 aliphatic rings. The number of aliphatic imine (C=N–C) groups is 2. The molecule has 1 unspecified atom stereocenters. The Hall–Kier alpha value is -4.47. The molecule has 220 valence electrons. The largest absolute Gasteiger partial charge is 0.508 e. The molecule has 0 aliphatic carbocycles. The first-order chi connectivity index (χ1) is 19.2. The first-order valence-electron chi connectivity index (χ1n) is 12.7. The van der Waals surface area contributed by atoms with E-state index in [4.69, 9.17) is 14.8 Å². The van der Waals surface area contributed by atoms with Crippen LogP contribution >= 0.6 is 0 Å². The Morgan fingerprint density at radius 3 is 2.02 bits per heavy atom. The molecule has 1 fully saturated rings. The van der Waals surface area contributed by atoms with Gasteiger partial charge in [-0.1, -0.05) is 74.2 Å². The van der Waals surface area contributed by atoms with E-state index >= 15 is 0 Å². The Bertz CT molecular complexity index is 1210. The maximum absolute atomic E-state index is 11.9. The smallest absolute Gasteiger partial charge is 0.401 e. The average Bonchev–Trinajstić information content (AvgIpc) is 2.96. The highest BCUT2D eigenvalue weighted by Crippen LogP contribution is 2.35. The van der Waals surface area contributed by atoms with Gasteiger partial charge in [0.2, 0.25) is 0 Å². The van der Waals surface area contributed by atoms with Gasteiger partial charge in [0.15, 0.2) is 0 Å². The van der Waals surface area contributed by atoms with Crippen molar-refractivity contribution >= 4 is 18.9 Å². The van der Waals surface area contributed by atoms with E-state index < -0.39 is 11.7 Å². The summed E-state index contributed by atoms with van der Waals surface area (Å²) >= 11 is 0. The molecule has 1 heterocycles. The van der Waals surface area contributed by atoms with E-state index in [2.05, 4.69) is 52.4 Å². The lowest BCUT2D eigenvalue weighted by molar-refractivity contribution is -0.464. The van der Waals surface area contributed by atoms with E-state index in [0.29, 0.717) is 5.75 Å². The Morgan fingerprint density at radius 1 is 1.00 bits per heavy atom. The van der Waals surface area contributed by atoms with Gasteiger partial charge >= 0.3 is 11.7 Å². The van der Waals surface area contributed by atoms with E-state index in [1.54, 1.807) is 31.2 Å². The molecule has 41 heavy (non-hydrogen) atoms. The lowest BCUT2D eigenvalue weighted by Crippen LogP contribution is -2.64. The molecular formula is C32H41N3O6. The summed E-state index contributed by atoms with van der Waals surface area (Å²) in [5.74, 6) is 0.0596. The molecule has 0 radical (unpaired) electrons. The first kappa shape index (κ1) is 34.6. The predicted octanol–water partition coefficient (Wildman–Crippen LogP) is 6.20. The number of hydrogen-bond acceptors (Lipinski definition) is 9. The second-order valence-corrected chi connectivity index (χ2v) is 8.73. The van der Waals surface area contributed by atoms with Crippen molar-refractivity contribution in [2.45, 2.75) is 46.3 Å². The number of hydroxylamine groups is 2. The molecule has 0 spiro atoms. The highest BCUT2D eigenvalue weighted by atomic mass is 17.3. The van der Waals surface area contributed by atoms with Gasteiger partial charge < -0.3 is 15.2 Å². The first-order valence-corrected chi connectivity index (χ1v) is 12.7. The zero-order chi connectivity index (χ0) is 29.4. The predicted molar refractivity (Wildman–Crippen MR) is 163 cm³/mol. The number of carbonyl (C=O) groups is 1. The molecule has 4 rings (SSSR count). The normalized spacial score (nSPS) is 15.0. The number of phenolic OH excluding ortho intramolecular Hbond substituents is 2. The number of phenols is 2. The minimum atomic E-state index is -1.48. The molecule has 3 aromatic rings. The molecule has 9 heteroatoms. The topological polar surface area (TPSA) is 113 Å². The molecule has 1 atom stereocenters. The van der Waals surface area contributed by atoms with Gasteiger partial charge in [-0.05, 0) is 68.8 Å². The number of rotatable bonds is 10. The highest BCUT2D eigenvalue weighted by Gasteiger charge is 2.59. The molecule has 3 aromatic carbocycles. The summed E-state index contributed by atoms with van der Waals surface area (Å²) in [7, 11) is 1.38. The van der Waals surface area contributed by atoms with Crippen LogP contribution in [0.5, 0.6) is 11.5 Å². The molecule has 1 saturated heterocycles. The fraction of sp³-hybridized carbons (Fsp3) is 0.281. The maximum atomic E-state index is 11.9. The third-order valence-electron chi connectivity index (χ3n) is 5.64. The van der Waals surface area contributed by atoms with E-state index in [1.165, 1.54) is 36.6 Å². The lowest BCUT2D eigenvalue weighted by Gasteiger charge is -2.43. The molecule has 2 N–H and O–H groups in total. The van der Waals surface area contributed by atoms with Crippen LogP contribution in [0.1, 0.15) is 37.5 Å². The summed E-state index contributed by atoms with van der Waals surface area (Å²) < 4.78 is 0. The summed E-state index contributed by atoms with van der Waals surface area (Å²) in [4.78, 5) is 34.4. The lowest BCUT2D eigenvalue weighted by atomic mass is 10.0.